The van der Waals surface area contributed by atoms with E-state index >= 15 is 0 Å². The van der Waals surface area contributed by atoms with E-state index in [2.05, 4.69) is 10.6 Å². The highest BCUT2D eigenvalue weighted by Crippen LogP contribution is 2.28. The van der Waals surface area contributed by atoms with E-state index in [-0.39, 0.29) is 36.9 Å². The van der Waals surface area contributed by atoms with Crippen molar-refractivity contribution in [3.8, 4) is 17.2 Å². The fourth-order valence-electron chi connectivity index (χ4n) is 4.28. The van der Waals surface area contributed by atoms with Crippen molar-refractivity contribution in [1.29, 1.82) is 0 Å². The van der Waals surface area contributed by atoms with E-state index in [1.54, 1.807) is 48.5 Å². The molecule has 0 bridgehead atoms. The van der Waals surface area contributed by atoms with Crippen LogP contribution in [0.1, 0.15) is 52.0 Å². The topological polar surface area (TPSA) is 114 Å². The molecule has 198 valence electrons. The first-order valence-electron chi connectivity index (χ1n) is 12.8. The van der Waals surface area contributed by atoms with Gasteiger partial charge in [-0.15, -0.1) is 0 Å². The molecule has 1 fully saturated rings. The average Bonchev–Trinajstić information content (AvgIpc) is 2.93. The summed E-state index contributed by atoms with van der Waals surface area (Å²) in [6, 6.07) is 21.5. The van der Waals surface area contributed by atoms with Gasteiger partial charge in [0.1, 0.15) is 17.2 Å². The number of carbonyl (C=O) groups excluding carboxylic acids is 2. The number of benzene rings is 3. The first-order chi connectivity index (χ1) is 18.4. The Morgan fingerprint density at radius 2 is 1.16 bits per heavy atom. The van der Waals surface area contributed by atoms with Crippen LogP contribution in [-0.4, -0.2) is 42.1 Å². The van der Waals surface area contributed by atoms with Gasteiger partial charge in [0.05, 0.1) is 12.0 Å². The quantitative estimate of drug-likeness (QED) is 0.328. The zero-order valence-corrected chi connectivity index (χ0v) is 21.3. The summed E-state index contributed by atoms with van der Waals surface area (Å²) in [6.45, 7) is 2.58. The molecule has 0 aliphatic heterocycles. The largest absolute Gasteiger partial charge is 0.490 e. The number of amides is 2. The number of carbonyl (C=O) groups is 3. The fraction of sp³-hybridized carbons (Fsp3) is 0.300. The highest BCUT2D eigenvalue weighted by Gasteiger charge is 2.26. The summed E-state index contributed by atoms with van der Waals surface area (Å²) >= 11 is 0. The molecule has 8 heteroatoms. The van der Waals surface area contributed by atoms with Gasteiger partial charge in [-0.2, -0.15) is 0 Å². The Bertz CT molecular complexity index is 1230. The lowest BCUT2D eigenvalue weighted by Crippen LogP contribution is -2.34. The standard InChI is InChI=1S/C30H32N2O6/c1-20-2-10-24(11-3-20)37-25-12-4-21(5-13-25)28(33)31-18-19-32-29(34)22-6-14-26(15-7-22)38-27-16-8-23(9-17-27)30(35)36/h2-7,10-15,23,27H,8-9,16-19H2,1H3,(H,31,33)(H,32,34)(H,35,36)/t23-,27+. The second-order valence-corrected chi connectivity index (χ2v) is 9.41. The van der Waals surface area contributed by atoms with Gasteiger partial charge >= 0.3 is 5.97 Å². The van der Waals surface area contributed by atoms with Crippen molar-refractivity contribution in [2.45, 2.75) is 38.7 Å². The van der Waals surface area contributed by atoms with Crippen molar-refractivity contribution < 1.29 is 29.0 Å². The molecule has 0 spiro atoms. The third-order valence-corrected chi connectivity index (χ3v) is 6.51. The van der Waals surface area contributed by atoms with Crippen molar-refractivity contribution in [3.05, 3.63) is 89.5 Å². The van der Waals surface area contributed by atoms with Crippen LogP contribution in [0.4, 0.5) is 0 Å². The summed E-state index contributed by atoms with van der Waals surface area (Å²) < 4.78 is 11.7. The van der Waals surface area contributed by atoms with E-state index in [0.29, 0.717) is 48.3 Å². The lowest BCUT2D eigenvalue weighted by Gasteiger charge is -2.26. The average molecular weight is 517 g/mol. The molecule has 1 saturated carbocycles. The maximum Gasteiger partial charge on any atom is 0.306 e. The molecule has 3 aromatic carbocycles. The number of carboxylic acids is 1. The Balaban J connectivity index is 1.16. The van der Waals surface area contributed by atoms with Crippen LogP contribution in [0.5, 0.6) is 17.2 Å². The normalized spacial score (nSPS) is 16.8. The maximum atomic E-state index is 12.4. The predicted molar refractivity (Wildman–Crippen MR) is 143 cm³/mol. The number of aliphatic carboxylic acids is 1. The van der Waals surface area contributed by atoms with E-state index < -0.39 is 5.97 Å². The molecule has 0 unspecified atom stereocenters. The third kappa shape index (κ3) is 7.59. The Labute approximate surface area is 222 Å². The Kier molecular flexibility index (Phi) is 8.98. The summed E-state index contributed by atoms with van der Waals surface area (Å²) in [4.78, 5) is 35.9. The van der Waals surface area contributed by atoms with Gasteiger partial charge in [0.2, 0.25) is 0 Å². The van der Waals surface area contributed by atoms with Gasteiger partial charge in [0.25, 0.3) is 11.8 Å². The minimum absolute atomic E-state index is 0.00851. The minimum atomic E-state index is -0.739. The molecule has 0 aromatic heterocycles. The summed E-state index contributed by atoms with van der Waals surface area (Å²) in [5, 5.41) is 14.7. The summed E-state index contributed by atoms with van der Waals surface area (Å²) in [5.74, 6) is 0.519. The van der Waals surface area contributed by atoms with E-state index in [0.717, 1.165) is 11.3 Å². The van der Waals surface area contributed by atoms with Crippen molar-refractivity contribution in [2.75, 3.05) is 13.1 Å². The molecule has 0 radical (unpaired) electrons. The monoisotopic (exact) mass is 516 g/mol. The Morgan fingerprint density at radius 1 is 0.711 bits per heavy atom. The van der Waals surface area contributed by atoms with Gasteiger partial charge in [0.15, 0.2) is 0 Å². The van der Waals surface area contributed by atoms with Crippen LogP contribution in [-0.2, 0) is 4.79 Å². The molecule has 3 N–H and O–H groups in total. The van der Waals surface area contributed by atoms with Crippen LogP contribution in [0.25, 0.3) is 0 Å². The maximum absolute atomic E-state index is 12.4. The van der Waals surface area contributed by atoms with Crippen LogP contribution < -0.4 is 20.1 Å². The zero-order valence-electron chi connectivity index (χ0n) is 21.3. The molecular weight excluding hydrogens is 484 g/mol. The lowest BCUT2D eigenvalue weighted by atomic mass is 9.87. The second-order valence-electron chi connectivity index (χ2n) is 9.41. The predicted octanol–water partition coefficient (Wildman–Crippen LogP) is 4.97. The van der Waals surface area contributed by atoms with Gasteiger partial charge in [0, 0.05) is 24.2 Å². The highest BCUT2D eigenvalue weighted by molar-refractivity contribution is 5.95. The molecule has 3 aromatic rings. The van der Waals surface area contributed by atoms with Crippen molar-refractivity contribution >= 4 is 17.8 Å². The van der Waals surface area contributed by atoms with Crippen molar-refractivity contribution in [1.82, 2.24) is 10.6 Å². The smallest absolute Gasteiger partial charge is 0.306 e. The van der Waals surface area contributed by atoms with Crippen molar-refractivity contribution in [2.24, 2.45) is 5.92 Å². The molecule has 0 atom stereocenters. The highest BCUT2D eigenvalue weighted by atomic mass is 16.5. The molecule has 2 amide bonds. The molecule has 4 rings (SSSR count). The summed E-state index contributed by atoms with van der Waals surface area (Å²) in [7, 11) is 0. The van der Waals surface area contributed by atoms with Gasteiger partial charge in [-0.3, -0.25) is 14.4 Å². The van der Waals surface area contributed by atoms with Gasteiger partial charge in [-0.25, -0.2) is 0 Å². The molecule has 38 heavy (non-hydrogen) atoms. The zero-order chi connectivity index (χ0) is 26.9. The fourth-order valence-corrected chi connectivity index (χ4v) is 4.28. The minimum Gasteiger partial charge on any atom is -0.490 e. The number of hydrogen-bond acceptors (Lipinski definition) is 5. The Hall–Kier alpha value is -4.33. The lowest BCUT2D eigenvalue weighted by molar-refractivity contribution is -0.143. The van der Waals surface area contributed by atoms with Crippen LogP contribution in [0, 0.1) is 12.8 Å². The number of aryl methyl sites for hydroxylation is 1. The first kappa shape index (κ1) is 26.7. The summed E-state index contributed by atoms with van der Waals surface area (Å²) in [5.41, 5.74) is 2.14. The number of ether oxygens (including phenoxy) is 2. The number of nitrogens with one attached hydrogen (secondary N) is 2. The molecule has 1 aliphatic rings. The summed E-state index contributed by atoms with van der Waals surface area (Å²) in [6.07, 6.45) is 2.63. The van der Waals surface area contributed by atoms with Crippen molar-refractivity contribution in [3.63, 3.8) is 0 Å². The van der Waals surface area contributed by atoms with E-state index in [4.69, 9.17) is 14.6 Å². The van der Waals surface area contributed by atoms with E-state index in [1.807, 2.05) is 31.2 Å². The molecule has 0 heterocycles. The first-order valence-corrected chi connectivity index (χ1v) is 12.8. The SMILES string of the molecule is Cc1ccc(Oc2ccc(C(=O)NCCNC(=O)c3ccc(O[C@H]4CC[C@@H](C(=O)O)CC4)cc3)cc2)cc1. The van der Waals surface area contributed by atoms with Crippen LogP contribution in [0.3, 0.4) is 0 Å². The molecular formula is C30H32N2O6. The third-order valence-electron chi connectivity index (χ3n) is 6.51. The van der Waals surface area contributed by atoms with Gasteiger partial charge in [-0.05, 0) is 93.3 Å². The number of hydrogen-bond donors (Lipinski definition) is 3. The van der Waals surface area contributed by atoms with Gasteiger partial charge in [-0.1, -0.05) is 17.7 Å². The Morgan fingerprint density at radius 3 is 1.63 bits per heavy atom. The van der Waals surface area contributed by atoms with Crippen LogP contribution >= 0.6 is 0 Å². The van der Waals surface area contributed by atoms with E-state index in [1.165, 1.54) is 0 Å². The van der Waals surface area contributed by atoms with Crippen LogP contribution in [0.2, 0.25) is 0 Å². The second kappa shape index (κ2) is 12.8. The molecule has 1 aliphatic carbocycles. The molecule has 0 saturated heterocycles. The van der Waals surface area contributed by atoms with E-state index in [9.17, 15) is 14.4 Å². The number of carboxylic acid groups (broad SMARTS) is 1. The van der Waals surface area contributed by atoms with Crippen LogP contribution in [0.15, 0.2) is 72.8 Å². The van der Waals surface area contributed by atoms with Gasteiger partial charge < -0.3 is 25.2 Å². The number of rotatable bonds is 10. The molecule has 8 nitrogen and oxygen atoms in total.